The zero-order valence-electron chi connectivity index (χ0n) is 17.5. The van der Waals surface area contributed by atoms with Crippen LogP contribution in [-0.2, 0) is 14.3 Å². The molecule has 3 aromatic rings. The van der Waals surface area contributed by atoms with Crippen LogP contribution < -0.4 is 5.32 Å². The highest BCUT2D eigenvalue weighted by Crippen LogP contribution is 2.27. The zero-order chi connectivity index (χ0) is 21.9. The van der Waals surface area contributed by atoms with Gasteiger partial charge in [0.25, 0.3) is 0 Å². The van der Waals surface area contributed by atoms with E-state index in [4.69, 9.17) is 0 Å². The minimum absolute atomic E-state index is 0.0539. The van der Waals surface area contributed by atoms with Crippen LogP contribution in [0.5, 0.6) is 0 Å². The molecule has 0 radical (unpaired) electrons. The fourth-order valence-corrected chi connectivity index (χ4v) is 3.81. The Morgan fingerprint density at radius 1 is 0.968 bits per heavy atom. The van der Waals surface area contributed by atoms with Crippen molar-refractivity contribution in [1.29, 1.82) is 0 Å². The normalized spacial score (nSPS) is 10.6. The topological polar surface area (TPSA) is 86.1 Å². The highest BCUT2D eigenvalue weighted by Gasteiger charge is 2.17. The Bertz CT molecular complexity index is 977. The number of amides is 1. The minimum Gasteiger partial charge on any atom is -0.469 e. The van der Waals surface area contributed by atoms with Gasteiger partial charge in [-0.1, -0.05) is 66.7 Å². The van der Waals surface area contributed by atoms with Crippen LogP contribution in [0, 0.1) is 0 Å². The fraction of sp³-hybridized carbons (Fsp3) is 0.304. The van der Waals surface area contributed by atoms with E-state index in [1.165, 1.54) is 18.9 Å². The maximum Gasteiger partial charge on any atom is 0.305 e. The highest BCUT2D eigenvalue weighted by atomic mass is 32.2. The van der Waals surface area contributed by atoms with Crippen LogP contribution in [0.15, 0.2) is 65.8 Å². The van der Waals surface area contributed by atoms with Crippen molar-refractivity contribution in [2.45, 2.75) is 30.8 Å². The number of nitrogens with zero attached hydrogens (tertiary/aromatic N) is 3. The summed E-state index contributed by atoms with van der Waals surface area (Å²) in [5, 5.41) is 12.3. The molecule has 31 heavy (non-hydrogen) atoms. The molecule has 1 N–H and O–H groups in total. The largest absolute Gasteiger partial charge is 0.469 e. The van der Waals surface area contributed by atoms with Gasteiger partial charge in [-0.3, -0.25) is 14.2 Å². The molecule has 0 atom stereocenters. The number of hydrogen-bond acceptors (Lipinski definition) is 6. The second-order valence-corrected chi connectivity index (χ2v) is 7.81. The van der Waals surface area contributed by atoms with Gasteiger partial charge in [-0.25, -0.2) is 0 Å². The standard InChI is InChI=1S/C23H26N4O3S/c1-30-21(29)15-9-4-10-16-24-20(28)17-31-23-26-25-22(18-11-5-2-6-12-18)27(23)19-13-7-3-8-14-19/h2-3,5-8,11-14H,4,9-10,15-17H2,1H3,(H,24,28). The maximum atomic E-state index is 12.3. The Morgan fingerprint density at radius 3 is 2.39 bits per heavy atom. The van der Waals surface area contributed by atoms with E-state index < -0.39 is 0 Å². The van der Waals surface area contributed by atoms with Crippen LogP contribution in [0.4, 0.5) is 0 Å². The summed E-state index contributed by atoms with van der Waals surface area (Å²) in [6, 6.07) is 19.7. The van der Waals surface area contributed by atoms with Crippen LogP contribution in [0.1, 0.15) is 25.7 Å². The van der Waals surface area contributed by atoms with Crippen LogP contribution in [0.25, 0.3) is 17.1 Å². The SMILES string of the molecule is COC(=O)CCCCCNC(=O)CSc1nnc(-c2ccccc2)n1-c1ccccc1. The molecule has 1 aromatic heterocycles. The fourth-order valence-electron chi connectivity index (χ4n) is 3.03. The van der Waals surface area contributed by atoms with Crippen molar-refractivity contribution in [3.05, 3.63) is 60.7 Å². The second kappa shape index (κ2) is 11.9. The average Bonchev–Trinajstić information content (AvgIpc) is 3.25. The summed E-state index contributed by atoms with van der Waals surface area (Å²) in [5.41, 5.74) is 1.90. The summed E-state index contributed by atoms with van der Waals surface area (Å²) in [6.07, 6.45) is 2.87. The number of para-hydroxylation sites is 1. The monoisotopic (exact) mass is 438 g/mol. The van der Waals surface area contributed by atoms with Gasteiger partial charge in [0.05, 0.1) is 12.9 Å². The molecule has 0 spiro atoms. The molecule has 0 aliphatic heterocycles. The number of hydrogen-bond donors (Lipinski definition) is 1. The molecule has 0 saturated carbocycles. The number of carbonyl (C=O) groups is 2. The molecule has 7 nitrogen and oxygen atoms in total. The number of carbonyl (C=O) groups excluding carboxylic acids is 2. The number of unbranched alkanes of at least 4 members (excludes halogenated alkanes) is 2. The Labute approximate surface area is 186 Å². The molecule has 3 rings (SSSR count). The van der Waals surface area contributed by atoms with Crippen molar-refractivity contribution in [3.63, 3.8) is 0 Å². The zero-order valence-corrected chi connectivity index (χ0v) is 18.3. The molecule has 162 valence electrons. The van der Waals surface area contributed by atoms with Crippen molar-refractivity contribution >= 4 is 23.6 Å². The summed E-state index contributed by atoms with van der Waals surface area (Å²) in [4.78, 5) is 23.4. The molecule has 0 fully saturated rings. The number of benzene rings is 2. The summed E-state index contributed by atoms with van der Waals surface area (Å²) in [5.74, 6) is 0.738. The number of methoxy groups -OCH3 is 1. The lowest BCUT2D eigenvalue weighted by Gasteiger charge is -2.10. The summed E-state index contributed by atoms with van der Waals surface area (Å²) in [6.45, 7) is 0.585. The van der Waals surface area contributed by atoms with Crippen molar-refractivity contribution in [2.75, 3.05) is 19.4 Å². The van der Waals surface area contributed by atoms with Crippen molar-refractivity contribution in [3.8, 4) is 17.1 Å². The Balaban J connectivity index is 1.57. The lowest BCUT2D eigenvalue weighted by atomic mass is 10.2. The molecule has 0 bridgehead atoms. The van der Waals surface area contributed by atoms with Crippen LogP contribution >= 0.6 is 11.8 Å². The van der Waals surface area contributed by atoms with Gasteiger partial charge in [0.15, 0.2) is 11.0 Å². The van der Waals surface area contributed by atoms with E-state index in [9.17, 15) is 9.59 Å². The summed E-state index contributed by atoms with van der Waals surface area (Å²) >= 11 is 1.36. The first-order valence-electron chi connectivity index (χ1n) is 10.2. The summed E-state index contributed by atoms with van der Waals surface area (Å²) < 4.78 is 6.59. The van der Waals surface area contributed by atoms with E-state index in [1.54, 1.807) is 0 Å². The first kappa shape index (κ1) is 22.6. The minimum atomic E-state index is -0.196. The third-order valence-electron chi connectivity index (χ3n) is 4.62. The molecule has 2 aromatic carbocycles. The quantitative estimate of drug-likeness (QED) is 0.278. The van der Waals surface area contributed by atoms with Gasteiger partial charge < -0.3 is 10.1 Å². The number of thioether (sulfide) groups is 1. The third-order valence-corrected chi connectivity index (χ3v) is 5.55. The number of nitrogens with one attached hydrogen (secondary N) is 1. The van der Waals surface area contributed by atoms with Crippen LogP contribution in [0.3, 0.4) is 0 Å². The average molecular weight is 439 g/mol. The lowest BCUT2D eigenvalue weighted by Crippen LogP contribution is -2.26. The van der Waals surface area contributed by atoms with Gasteiger partial charge in [0.2, 0.25) is 5.91 Å². The van der Waals surface area contributed by atoms with Gasteiger partial charge in [-0.2, -0.15) is 0 Å². The van der Waals surface area contributed by atoms with E-state index in [0.717, 1.165) is 36.3 Å². The molecule has 0 unspecified atom stereocenters. The maximum absolute atomic E-state index is 12.3. The Morgan fingerprint density at radius 2 is 1.68 bits per heavy atom. The highest BCUT2D eigenvalue weighted by molar-refractivity contribution is 7.99. The molecular weight excluding hydrogens is 412 g/mol. The van der Waals surface area contributed by atoms with Crippen molar-refractivity contribution in [1.82, 2.24) is 20.1 Å². The Kier molecular flexibility index (Phi) is 8.66. The molecule has 0 saturated heterocycles. The molecule has 0 aliphatic carbocycles. The second-order valence-electron chi connectivity index (χ2n) is 6.87. The van der Waals surface area contributed by atoms with E-state index >= 15 is 0 Å². The van der Waals surface area contributed by atoms with Crippen LogP contribution in [-0.4, -0.2) is 46.0 Å². The van der Waals surface area contributed by atoms with E-state index in [2.05, 4.69) is 20.3 Å². The van der Waals surface area contributed by atoms with E-state index in [-0.39, 0.29) is 17.6 Å². The van der Waals surface area contributed by atoms with Crippen molar-refractivity contribution in [2.24, 2.45) is 0 Å². The van der Waals surface area contributed by atoms with Crippen molar-refractivity contribution < 1.29 is 14.3 Å². The Hall–Kier alpha value is -3.13. The molecule has 0 aliphatic rings. The number of rotatable bonds is 11. The number of aromatic nitrogens is 3. The number of ether oxygens (including phenoxy) is 1. The van der Waals surface area contributed by atoms with Gasteiger partial charge in [-0.05, 0) is 25.0 Å². The molecule has 1 amide bonds. The predicted octanol–water partition coefficient (Wildman–Crippen LogP) is 3.88. The first-order valence-corrected chi connectivity index (χ1v) is 11.2. The molecule has 1 heterocycles. The van der Waals surface area contributed by atoms with Gasteiger partial charge in [0.1, 0.15) is 0 Å². The van der Waals surface area contributed by atoms with Gasteiger partial charge in [-0.15, -0.1) is 10.2 Å². The van der Waals surface area contributed by atoms with E-state index in [0.29, 0.717) is 18.1 Å². The third kappa shape index (κ3) is 6.68. The van der Waals surface area contributed by atoms with Crippen LogP contribution in [0.2, 0.25) is 0 Å². The van der Waals surface area contributed by atoms with Gasteiger partial charge in [0, 0.05) is 24.2 Å². The lowest BCUT2D eigenvalue weighted by molar-refractivity contribution is -0.140. The molecular formula is C23H26N4O3S. The smallest absolute Gasteiger partial charge is 0.305 e. The van der Waals surface area contributed by atoms with E-state index in [1.807, 2.05) is 65.2 Å². The first-order chi connectivity index (χ1) is 15.2. The molecule has 8 heteroatoms. The predicted molar refractivity (Wildman–Crippen MR) is 121 cm³/mol. The summed E-state index contributed by atoms with van der Waals surface area (Å²) in [7, 11) is 1.39. The van der Waals surface area contributed by atoms with Gasteiger partial charge >= 0.3 is 5.97 Å². The number of esters is 1.